The van der Waals surface area contributed by atoms with Gasteiger partial charge in [-0.15, -0.1) is 0 Å². The minimum atomic E-state index is -0.617. The van der Waals surface area contributed by atoms with Crippen LogP contribution in [0, 0.1) is 5.82 Å². The van der Waals surface area contributed by atoms with E-state index in [1.54, 1.807) is 12.1 Å². The van der Waals surface area contributed by atoms with Crippen LogP contribution >= 0.6 is 0 Å². The molecule has 21 heavy (non-hydrogen) atoms. The van der Waals surface area contributed by atoms with Gasteiger partial charge in [-0.25, -0.2) is 4.39 Å². The lowest BCUT2D eigenvalue weighted by molar-refractivity contribution is 0.173. The molecule has 0 bridgehead atoms. The maximum absolute atomic E-state index is 13.9. The minimum Gasteiger partial charge on any atom is -0.497 e. The van der Waals surface area contributed by atoms with E-state index in [4.69, 9.17) is 4.74 Å². The Morgan fingerprint density at radius 1 is 1.19 bits per heavy atom. The van der Waals surface area contributed by atoms with Gasteiger partial charge >= 0.3 is 0 Å². The Labute approximate surface area is 124 Å². The van der Waals surface area contributed by atoms with E-state index in [0.29, 0.717) is 17.9 Å². The van der Waals surface area contributed by atoms with Gasteiger partial charge in [-0.1, -0.05) is 36.4 Å². The Morgan fingerprint density at radius 2 is 1.90 bits per heavy atom. The van der Waals surface area contributed by atoms with Crippen molar-refractivity contribution in [2.45, 2.75) is 19.0 Å². The molecule has 0 aliphatic carbocycles. The van der Waals surface area contributed by atoms with Crippen LogP contribution in [0.5, 0.6) is 5.75 Å². The van der Waals surface area contributed by atoms with Crippen LogP contribution in [0.1, 0.15) is 18.1 Å². The third-order valence-corrected chi connectivity index (χ3v) is 3.66. The number of hydrogen-bond donors (Lipinski definition) is 2. The molecule has 1 atom stereocenters. The predicted molar refractivity (Wildman–Crippen MR) is 80.7 cm³/mol. The minimum absolute atomic E-state index is 0.0746. The maximum Gasteiger partial charge on any atom is 0.131 e. The highest BCUT2D eigenvalue weighted by Gasteiger charge is 2.25. The van der Waals surface area contributed by atoms with Crippen molar-refractivity contribution >= 4 is 0 Å². The summed E-state index contributed by atoms with van der Waals surface area (Å²) in [5.74, 6) is 0.166. The molecule has 2 aromatic rings. The van der Waals surface area contributed by atoms with Gasteiger partial charge in [0, 0.05) is 18.2 Å². The Kier molecular flexibility index (Phi) is 4.94. The Hall–Kier alpha value is -1.91. The summed E-state index contributed by atoms with van der Waals surface area (Å²) in [6.07, 6.45) is 0. The molecule has 1 unspecified atom stereocenters. The van der Waals surface area contributed by atoms with Crippen LogP contribution in [0.3, 0.4) is 0 Å². The average molecular weight is 289 g/mol. The van der Waals surface area contributed by atoms with Gasteiger partial charge in [0.15, 0.2) is 0 Å². The number of nitrogens with one attached hydrogen (secondary N) is 1. The molecular weight excluding hydrogens is 269 g/mol. The summed E-state index contributed by atoms with van der Waals surface area (Å²) in [4.78, 5) is 0. The normalized spacial score (nSPS) is 13.7. The zero-order chi connectivity index (χ0) is 15.3. The third kappa shape index (κ3) is 3.60. The van der Waals surface area contributed by atoms with E-state index in [2.05, 4.69) is 5.32 Å². The third-order valence-electron chi connectivity index (χ3n) is 3.66. The Bertz CT molecular complexity index is 589. The zero-order valence-electron chi connectivity index (χ0n) is 12.3. The SMILES string of the molecule is COc1ccc(CNC(C)(CO)c2ccccc2)c(F)c1. The first-order valence-electron chi connectivity index (χ1n) is 6.83. The smallest absolute Gasteiger partial charge is 0.131 e. The lowest BCUT2D eigenvalue weighted by atomic mass is 9.92. The highest BCUT2D eigenvalue weighted by atomic mass is 19.1. The van der Waals surface area contributed by atoms with Crippen LogP contribution < -0.4 is 10.1 Å². The van der Waals surface area contributed by atoms with E-state index in [1.165, 1.54) is 13.2 Å². The number of rotatable bonds is 6. The summed E-state index contributed by atoms with van der Waals surface area (Å²) in [6.45, 7) is 2.14. The fourth-order valence-electron chi connectivity index (χ4n) is 2.14. The lowest BCUT2D eigenvalue weighted by Gasteiger charge is -2.29. The number of ether oxygens (including phenoxy) is 1. The summed E-state index contributed by atoms with van der Waals surface area (Å²) in [6, 6.07) is 14.4. The van der Waals surface area contributed by atoms with Gasteiger partial charge in [0.1, 0.15) is 11.6 Å². The van der Waals surface area contributed by atoms with Crippen molar-refractivity contribution < 1.29 is 14.2 Å². The number of hydrogen-bond acceptors (Lipinski definition) is 3. The van der Waals surface area contributed by atoms with Crippen LogP contribution in [0.25, 0.3) is 0 Å². The molecule has 0 aliphatic heterocycles. The van der Waals surface area contributed by atoms with Gasteiger partial charge < -0.3 is 15.2 Å². The molecule has 2 aromatic carbocycles. The van der Waals surface area contributed by atoms with E-state index in [-0.39, 0.29) is 12.4 Å². The van der Waals surface area contributed by atoms with Gasteiger partial charge in [0.25, 0.3) is 0 Å². The van der Waals surface area contributed by atoms with Crippen molar-refractivity contribution in [2.75, 3.05) is 13.7 Å². The number of aliphatic hydroxyl groups excluding tert-OH is 1. The van der Waals surface area contributed by atoms with Gasteiger partial charge in [0.05, 0.1) is 19.3 Å². The zero-order valence-corrected chi connectivity index (χ0v) is 12.3. The van der Waals surface area contributed by atoms with Crippen molar-refractivity contribution in [1.29, 1.82) is 0 Å². The molecule has 0 amide bonds. The first-order valence-corrected chi connectivity index (χ1v) is 6.83. The van der Waals surface area contributed by atoms with Crippen LogP contribution in [-0.2, 0) is 12.1 Å². The number of methoxy groups -OCH3 is 1. The van der Waals surface area contributed by atoms with Crippen molar-refractivity contribution in [3.8, 4) is 5.75 Å². The molecule has 0 saturated heterocycles. The predicted octanol–water partition coefficient (Wildman–Crippen LogP) is 2.83. The molecule has 0 aromatic heterocycles. The van der Waals surface area contributed by atoms with E-state index in [1.807, 2.05) is 37.3 Å². The highest BCUT2D eigenvalue weighted by molar-refractivity contribution is 5.29. The second-order valence-corrected chi connectivity index (χ2v) is 5.17. The Balaban J connectivity index is 2.13. The van der Waals surface area contributed by atoms with Crippen molar-refractivity contribution in [3.05, 3.63) is 65.5 Å². The molecule has 0 radical (unpaired) electrons. The maximum atomic E-state index is 13.9. The molecule has 2 rings (SSSR count). The summed E-state index contributed by atoms with van der Waals surface area (Å²) < 4.78 is 18.9. The van der Waals surface area contributed by atoms with Crippen LogP contribution in [0.4, 0.5) is 4.39 Å². The molecular formula is C17H20FNO2. The van der Waals surface area contributed by atoms with Crippen molar-refractivity contribution in [3.63, 3.8) is 0 Å². The molecule has 112 valence electrons. The molecule has 2 N–H and O–H groups in total. The van der Waals surface area contributed by atoms with Gasteiger partial charge in [-0.2, -0.15) is 0 Å². The van der Waals surface area contributed by atoms with Crippen LogP contribution in [-0.4, -0.2) is 18.8 Å². The van der Waals surface area contributed by atoms with E-state index in [0.717, 1.165) is 5.56 Å². The quantitative estimate of drug-likeness (QED) is 0.859. The van der Waals surface area contributed by atoms with E-state index in [9.17, 15) is 9.50 Å². The largest absolute Gasteiger partial charge is 0.497 e. The molecule has 0 spiro atoms. The molecule has 0 fully saturated rings. The van der Waals surface area contributed by atoms with Crippen molar-refractivity contribution in [1.82, 2.24) is 5.32 Å². The van der Waals surface area contributed by atoms with E-state index < -0.39 is 5.54 Å². The van der Waals surface area contributed by atoms with Crippen molar-refractivity contribution in [2.24, 2.45) is 0 Å². The summed E-state index contributed by atoms with van der Waals surface area (Å²) in [5, 5.41) is 12.9. The number of halogens is 1. The topological polar surface area (TPSA) is 41.5 Å². The average Bonchev–Trinajstić information content (AvgIpc) is 2.54. The monoisotopic (exact) mass is 289 g/mol. The first-order chi connectivity index (χ1) is 10.1. The molecule has 4 heteroatoms. The van der Waals surface area contributed by atoms with Gasteiger partial charge in [-0.05, 0) is 18.6 Å². The number of aliphatic hydroxyl groups is 1. The second kappa shape index (κ2) is 6.70. The van der Waals surface area contributed by atoms with Crippen LogP contribution in [0.15, 0.2) is 48.5 Å². The highest BCUT2D eigenvalue weighted by Crippen LogP contribution is 2.22. The molecule has 0 heterocycles. The second-order valence-electron chi connectivity index (χ2n) is 5.17. The van der Waals surface area contributed by atoms with Gasteiger partial charge in [-0.3, -0.25) is 0 Å². The number of benzene rings is 2. The van der Waals surface area contributed by atoms with E-state index >= 15 is 0 Å². The molecule has 0 saturated carbocycles. The molecule has 0 aliphatic rings. The van der Waals surface area contributed by atoms with Crippen LogP contribution in [0.2, 0.25) is 0 Å². The summed E-state index contributed by atoms with van der Waals surface area (Å²) in [5.41, 5.74) is 0.876. The van der Waals surface area contributed by atoms with Gasteiger partial charge in [0.2, 0.25) is 0 Å². The lowest BCUT2D eigenvalue weighted by Crippen LogP contribution is -2.42. The molecule has 3 nitrogen and oxygen atoms in total. The Morgan fingerprint density at radius 3 is 2.48 bits per heavy atom. The summed E-state index contributed by atoms with van der Waals surface area (Å²) in [7, 11) is 1.50. The standard InChI is InChI=1S/C17H20FNO2/c1-17(12-20,14-6-4-3-5-7-14)19-11-13-8-9-15(21-2)10-16(13)18/h3-10,19-20H,11-12H2,1-2H3. The first kappa shape index (κ1) is 15.5. The fraction of sp³-hybridized carbons (Fsp3) is 0.294. The fourth-order valence-corrected chi connectivity index (χ4v) is 2.14. The summed E-state index contributed by atoms with van der Waals surface area (Å²) >= 11 is 0.